The first-order valence-corrected chi connectivity index (χ1v) is 8.67. The van der Waals surface area contributed by atoms with Crippen molar-refractivity contribution >= 4 is 51.8 Å². The fraction of sp³-hybridized carbons (Fsp3) is 0.125. The molecule has 2 N–H and O–H groups in total. The van der Waals surface area contributed by atoms with Crippen molar-refractivity contribution in [1.29, 1.82) is 0 Å². The number of allylic oxidation sites excluding steroid dienone is 4. The predicted octanol–water partition coefficient (Wildman–Crippen LogP) is 4.11. The summed E-state index contributed by atoms with van der Waals surface area (Å²) >= 11 is 12.6. The Morgan fingerprint density at radius 3 is 2.91 bits per heavy atom. The zero-order valence-corrected chi connectivity index (χ0v) is 14.5. The molecule has 3 rings (SSSR count). The van der Waals surface area contributed by atoms with Crippen molar-refractivity contribution in [2.45, 2.75) is 17.3 Å². The average molecular weight is 361 g/mol. The molecule has 0 atom stereocenters. The average Bonchev–Trinajstić information content (AvgIpc) is 2.53. The van der Waals surface area contributed by atoms with Gasteiger partial charge in [-0.1, -0.05) is 53.8 Å². The maximum atomic E-state index is 5.91. The maximum absolute atomic E-state index is 5.91. The fourth-order valence-electron chi connectivity index (χ4n) is 2.14. The summed E-state index contributed by atoms with van der Waals surface area (Å²) in [6.45, 7) is 0. The Bertz CT molecular complexity index is 797. The summed E-state index contributed by atoms with van der Waals surface area (Å²) in [5, 5.41) is 0.900. The lowest BCUT2D eigenvalue weighted by molar-refractivity contribution is 0.975. The number of halogens is 1. The number of nitrogen functional groups attached to an aromatic ring is 1. The number of rotatable bonds is 4. The Morgan fingerprint density at radius 2 is 2.17 bits per heavy atom. The van der Waals surface area contributed by atoms with Gasteiger partial charge in [-0.05, 0) is 23.3 Å². The monoisotopic (exact) mass is 360 g/mol. The topological polar surface area (TPSA) is 64.7 Å². The van der Waals surface area contributed by atoms with Crippen LogP contribution in [0, 0.1) is 0 Å². The molecule has 0 unspecified atom stereocenters. The van der Waals surface area contributed by atoms with Crippen molar-refractivity contribution in [3.8, 4) is 0 Å². The molecule has 0 amide bonds. The summed E-state index contributed by atoms with van der Waals surface area (Å²) in [7, 11) is 0. The highest BCUT2D eigenvalue weighted by atomic mass is 35.5. The molecule has 116 valence electrons. The maximum Gasteiger partial charge on any atom is 0.191 e. The van der Waals surface area contributed by atoms with Gasteiger partial charge in [0.25, 0.3) is 0 Å². The number of pyridine rings is 1. The van der Waals surface area contributed by atoms with Gasteiger partial charge in [-0.25, -0.2) is 9.97 Å². The Morgan fingerprint density at radius 1 is 1.30 bits per heavy atom. The van der Waals surface area contributed by atoms with E-state index in [0.29, 0.717) is 21.9 Å². The van der Waals surface area contributed by atoms with Gasteiger partial charge in [-0.3, -0.25) is 4.98 Å². The van der Waals surface area contributed by atoms with E-state index in [2.05, 4.69) is 21.0 Å². The molecule has 23 heavy (non-hydrogen) atoms. The van der Waals surface area contributed by atoms with Gasteiger partial charge in [0.1, 0.15) is 11.0 Å². The number of nitrogens with zero attached hydrogens (tertiary/aromatic N) is 3. The molecule has 0 aromatic carbocycles. The second kappa shape index (κ2) is 7.21. The van der Waals surface area contributed by atoms with Crippen LogP contribution in [0.3, 0.4) is 0 Å². The summed E-state index contributed by atoms with van der Waals surface area (Å²) in [6.07, 6.45) is 8.64. The number of aromatic nitrogens is 3. The lowest BCUT2D eigenvalue weighted by Gasteiger charge is -2.11. The van der Waals surface area contributed by atoms with E-state index in [0.717, 1.165) is 28.1 Å². The third-order valence-corrected chi connectivity index (χ3v) is 4.58. The van der Waals surface area contributed by atoms with Crippen molar-refractivity contribution in [1.82, 2.24) is 15.0 Å². The molecule has 2 heterocycles. The van der Waals surface area contributed by atoms with Crippen LogP contribution in [0.15, 0.2) is 47.8 Å². The SMILES string of the molecule is Nc1cc(Cl)nc(SCc2cccnc2C2=CCC(=S)C=C2)n1. The summed E-state index contributed by atoms with van der Waals surface area (Å²) in [5.41, 5.74) is 8.83. The number of anilines is 1. The lowest BCUT2D eigenvalue weighted by atomic mass is 10.0. The Kier molecular flexibility index (Phi) is 5.05. The highest BCUT2D eigenvalue weighted by Crippen LogP contribution is 2.27. The predicted molar refractivity (Wildman–Crippen MR) is 99.6 cm³/mol. The van der Waals surface area contributed by atoms with Gasteiger partial charge in [0, 0.05) is 29.3 Å². The second-order valence-electron chi connectivity index (χ2n) is 4.86. The molecule has 2 aromatic rings. The molecular weight excluding hydrogens is 348 g/mol. The third-order valence-electron chi connectivity index (χ3n) is 3.19. The van der Waals surface area contributed by atoms with Crippen LogP contribution in [-0.2, 0) is 5.75 Å². The molecule has 0 aliphatic heterocycles. The van der Waals surface area contributed by atoms with Crippen molar-refractivity contribution in [3.05, 3.63) is 59.0 Å². The zero-order valence-electron chi connectivity index (χ0n) is 12.1. The third kappa shape index (κ3) is 4.16. The quantitative estimate of drug-likeness (QED) is 0.383. The molecule has 7 heteroatoms. The van der Waals surface area contributed by atoms with Crippen LogP contribution in [0.5, 0.6) is 0 Å². The summed E-state index contributed by atoms with van der Waals surface area (Å²) in [5.74, 6) is 1.05. The Labute approximate surface area is 148 Å². The molecule has 0 saturated heterocycles. The highest BCUT2D eigenvalue weighted by Gasteiger charge is 2.11. The van der Waals surface area contributed by atoms with E-state index in [1.54, 1.807) is 6.20 Å². The zero-order chi connectivity index (χ0) is 16.2. The van der Waals surface area contributed by atoms with Crippen LogP contribution in [0.4, 0.5) is 5.82 Å². The first kappa shape index (κ1) is 16.1. The van der Waals surface area contributed by atoms with E-state index in [9.17, 15) is 0 Å². The number of thioether (sulfide) groups is 1. The summed E-state index contributed by atoms with van der Waals surface area (Å²) in [4.78, 5) is 13.8. The molecule has 0 bridgehead atoms. The van der Waals surface area contributed by atoms with E-state index in [1.165, 1.54) is 17.8 Å². The van der Waals surface area contributed by atoms with Crippen LogP contribution in [-0.4, -0.2) is 19.8 Å². The fourth-order valence-corrected chi connectivity index (χ4v) is 3.38. The number of thiocarbonyl (C=S) groups is 1. The van der Waals surface area contributed by atoms with Crippen molar-refractivity contribution in [3.63, 3.8) is 0 Å². The number of nitrogens with two attached hydrogens (primary N) is 1. The number of hydrogen-bond acceptors (Lipinski definition) is 6. The highest BCUT2D eigenvalue weighted by molar-refractivity contribution is 7.98. The van der Waals surface area contributed by atoms with Crippen molar-refractivity contribution in [2.75, 3.05) is 5.73 Å². The largest absolute Gasteiger partial charge is 0.384 e. The van der Waals surface area contributed by atoms with E-state index < -0.39 is 0 Å². The Hall–Kier alpha value is -1.76. The minimum atomic E-state index is 0.345. The van der Waals surface area contributed by atoms with Gasteiger partial charge in [-0.2, -0.15) is 0 Å². The number of hydrogen-bond donors (Lipinski definition) is 1. The molecule has 0 spiro atoms. The van der Waals surface area contributed by atoms with E-state index in [4.69, 9.17) is 29.6 Å². The standard InChI is InChI=1S/C16H13ClN4S2/c17-13-8-14(18)21-16(20-13)23-9-11-2-1-7-19-15(11)10-3-5-12(22)6-4-10/h1-5,7-8H,6,9H2,(H2,18,20,21). The normalized spacial score (nSPS) is 14.0. The molecule has 0 fully saturated rings. The van der Waals surface area contributed by atoms with Crippen LogP contribution in [0.25, 0.3) is 5.57 Å². The van der Waals surface area contributed by atoms with Gasteiger partial charge < -0.3 is 5.73 Å². The van der Waals surface area contributed by atoms with Gasteiger partial charge in [0.2, 0.25) is 0 Å². The molecule has 0 saturated carbocycles. The van der Waals surface area contributed by atoms with E-state index in [1.807, 2.05) is 24.3 Å². The summed E-state index contributed by atoms with van der Waals surface area (Å²) in [6, 6.07) is 5.50. The smallest absolute Gasteiger partial charge is 0.191 e. The van der Waals surface area contributed by atoms with Crippen molar-refractivity contribution < 1.29 is 0 Å². The van der Waals surface area contributed by atoms with Gasteiger partial charge >= 0.3 is 0 Å². The molecule has 2 aromatic heterocycles. The van der Waals surface area contributed by atoms with Gasteiger partial charge in [0.15, 0.2) is 5.16 Å². The molecule has 4 nitrogen and oxygen atoms in total. The van der Waals surface area contributed by atoms with E-state index in [-0.39, 0.29) is 0 Å². The van der Waals surface area contributed by atoms with Gasteiger partial charge in [-0.15, -0.1) is 0 Å². The summed E-state index contributed by atoms with van der Waals surface area (Å²) < 4.78 is 0. The van der Waals surface area contributed by atoms with Crippen molar-refractivity contribution in [2.24, 2.45) is 0 Å². The molecule has 0 radical (unpaired) electrons. The molecule has 1 aliphatic rings. The Balaban J connectivity index is 1.81. The first-order valence-electron chi connectivity index (χ1n) is 6.90. The molecular formula is C16H13ClN4S2. The van der Waals surface area contributed by atoms with Crippen LogP contribution in [0.1, 0.15) is 17.7 Å². The lowest BCUT2D eigenvalue weighted by Crippen LogP contribution is -2.00. The first-order chi connectivity index (χ1) is 11.1. The van der Waals surface area contributed by atoms with E-state index >= 15 is 0 Å². The van der Waals surface area contributed by atoms with Crippen LogP contribution >= 0.6 is 35.6 Å². The van der Waals surface area contributed by atoms with Crippen LogP contribution in [0.2, 0.25) is 5.15 Å². The minimum Gasteiger partial charge on any atom is -0.384 e. The molecule has 1 aliphatic carbocycles. The van der Waals surface area contributed by atoms with Crippen LogP contribution < -0.4 is 5.73 Å². The van der Waals surface area contributed by atoms with Gasteiger partial charge in [0.05, 0.1) is 5.69 Å². The minimum absolute atomic E-state index is 0.345. The second-order valence-corrected chi connectivity index (χ2v) is 6.72.